The van der Waals surface area contributed by atoms with Gasteiger partial charge in [-0.1, -0.05) is 0 Å². The van der Waals surface area contributed by atoms with Crippen molar-refractivity contribution in [1.82, 2.24) is 0 Å². The number of rotatable bonds is 2. The van der Waals surface area contributed by atoms with Crippen molar-refractivity contribution in [1.29, 1.82) is 0 Å². The molecule has 0 atom stereocenters. The zero-order valence-corrected chi connectivity index (χ0v) is 7.20. The summed E-state index contributed by atoms with van der Waals surface area (Å²) in [6.07, 6.45) is 6.12. The van der Waals surface area contributed by atoms with E-state index in [4.69, 9.17) is 0 Å². The van der Waals surface area contributed by atoms with Crippen molar-refractivity contribution in [3.05, 3.63) is 21.5 Å². The summed E-state index contributed by atoms with van der Waals surface area (Å²) < 4.78 is 1.54. The summed E-state index contributed by atoms with van der Waals surface area (Å²) in [7, 11) is 0. The van der Waals surface area contributed by atoms with Crippen LogP contribution in [0, 0.1) is 0 Å². The number of allylic oxidation sites excluding steroid dienone is 4. The molecule has 0 radical (unpaired) electrons. The predicted octanol–water partition coefficient (Wildman–Crippen LogP) is 2.56. The van der Waals surface area contributed by atoms with Gasteiger partial charge in [0.05, 0.1) is 0 Å². The summed E-state index contributed by atoms with van der Waals surface area (Å²) in [6.45, 7) is 4.45. The van der Waals surface area contributed by atoms with Crippen LogP contribution in [-0.4, -0.2) is 17.7 Å². The molecule has 0 saturated carbocycles. The fraction of sp³-hybridized carbons (Fsp3) is 0.556. The van der Waals surface area contributed by atoms with Gasteiger partial charge in [0.15, 0.2) is 0 Å². The number of hydrogen-bond donors (Lipinski definition) is 0. The molecule has 0 bridgehead atoms. The van der Waals surface area contributed by atoms with Gasteiger partial charge in [-0.3, -0.25) is 0 Å². The molecule has 1 aliphatic rings. The van der Waals surface area contributed by atoms with Crippen LogP contribution in [0.3, 0.4) is 0 Å². The molecule has 0 aromatic heterocycles. The van der Waals surface area contributed by atoms with Crippen LogP contribution in [0.1, 0.15) is 33.1 Å². The van der Waals surface area contributed by atoms with E-state index in [1.54, 1.807) is 9.82 Å². The third-order valence-corrected chi connectivity index (χ3v) is 2.33. The van der Waals surface area contributed by atoms with E-state index in [9.17, 15) is 0 Å². The summed E-state index contributed by atoms with van der Waals surface area (Å²) in [5, 5.41) is 0. The molecule has 0 unspecified atom stereocenters. The standard InChI is InChI=1S/C9H13.Li/c1-3-4-9-6-5-8(2)7-9;/h5H,3-4,6H2,1-2H3;. The van der Waals surface area contributed by atoms with Gasteiger partial charge in [0.2, 0.25) is 0 Å². The molecule has 0 aromatic rings. The monoisotopic (exact) mass is 128 g/mol. The summed E-state index contributed by atoms with van der Waals surface area (Å²) in [5.41, 5.74) is 3.14. The Labute approximate surface area is 72.6 Å². The molecule has 0 spiro atoms. The van der Waals surface area contributed by atoms with Gasteiger partial charge in [0, 0.05) is 0 Å². The van der Waals surface area contributed by atoms with Crippen molar-refractivity contribution in [2.24, 2.45) is 0 Å². The molecule has 0 amide bonds. The average Bonchev–Trinajstić information content (AvgIpc) is 2.20. The van der Waals surface area contributed by atoms with Crippen molar-refractivity contribution >= 4 is 17.7 Å². The molecule has 0 N–H and O–H groups in total. The van der Waals surface area contributed by atoms with E-state index < -0.39 is 0 Å². The van der Waals surface area contributed by atoms with E-state index in [2.05, 4.69) is 37.6 Å². The summed E-state index contributed by atoms with van der Waals surface area (Å²) >= 11 is 2.24. The molecule has 1 aliphatic carbocycles. The third-order valence-electron chi connectivity index (χ3n) is 2.33. The summed E-state index contributed by atoms with van der Waals surface area (Å²) in [6, 6.07) is 0. The average molecular weight is 128 g/mol. The van der Waals surface area contributed by atoms with Crippen molar-refractivity contribution in [2.45, 2.75) is 33.1 Å². The molecule has 0 aliphatic heterocycles. The fourth-order valence-electron chi connectivity index (χ4n) is 1.45. The zero-order chi connectivity index (χ0) is 7.56. The normalized spacial score (nSPS) is 18.2. The Balaban J connectivity index is 2.64. The van der Waals surface area contributed by atoms with Gasteiger partial charge in [-0.15, -0.1) is 0 Å². The van der Waals surface area contributed by atoms with Gasteiger partial charge in [0.1, 0.15) is 0 Å². The van der Waals surface area contributed by atoms with Crippen LogP contribution >= 0.6 is 0 Å². The maximum absolute atomic E-state index is 2.33. The second kappa shape index (κ2) is 3.46. The Morgan fingerprint density at radius 2 is 2.30 bits per heavy atom. The van der Waals surface area contributed by atoms with Gasteiger partial charge < -0.3 is 0 Å². The van der Waals surface area contributed by atoms with E-state index in [1.165, 1.54) is 24.8 Å². The first-order valence-corrected chi connectivity index (χ1v) is 4.11. The van der Waals surface area contributed by atoms with Gasteiger partial charge in [-0.05, 0) is 0 Å². The third kappa shape index (κ3) is 1.57. The Bertz CT molecular complexity index is 187. The van der Waals surface area contributed by atoms with Crippen LogP contribution in [0.4, 0.5) is 0 Å². The number of hydrogen-bond acceptors (Lipinski definition) is 0. The van der Waals surface area contributed by atoms with Crippen LogP contribution in [-0.2, 0) is 0 Å². The topological polar surface area (TPSA) is 0 Å². The Morgan fingerprint density at radius 1 is 1.60 bits per heavy atom. The summed E-state index contributed by atoms with van der Waals surface area (Å²) in [4.78, 5) is 0. The van der Waals surface area contributed by atoms with Crippen LogP contribution in [0.2, 0.25) is 0 Å². The van der Waals surface area contributed by atoms with E-state index in [0.29, 0.717) is 0 Å². The molecule has 0 fully saturated rings. The van der Waals surface area contributed by atoms with Gasteiger partial charge in [-0.2, -0.15) is 0 Å². The Morgan fingerprint density at radius 3 is 2.70 bits per heavy atom. The van der Waals surface area contributed by atoms with Gasteiger partial charge in [-0.25, -0.2) is 0 Å². The molecule has 50 valence electrons. The summed E-state index contributed by atoms with van der Waals surface area (Å²) in [5.74, 6) is 0. The molecule has 0 saturated heterocycles. The Hall–Kier alpha value is 0.0774. The second-order valence-electron chi connectivity index (χ2n) is 3.07. The van der Waals surface area contributed by atoms with Crippen LogP contribution in [0.15, 0.2) is 21.5 Å². The van der Waals surface area contributed by atoms with Crippen molar-refractivity contribution in [3.8, 4) is 0 Å². The van der Waals surface area contributed by atoms with Gasteiger partial charge in [0.25, 0.3) is 0 Å². The SMILES string of the molecule is [Li][C]1=C(CCC)CC=C1C. The van der Waals surface area contributed by atoms with E-state index in [1.807, 2.05) is 0 Å². The molecule has 0 nitrogen and oxygen atoms in total. The zero-order valence-electron chi connectivity index (χ0n) is 7.20. The van der Waals surface area contributed by atoms with Crippen molar-refractivity contribution in [3.63, 3.8) is 0 Å². The van der Waals surface area contributed by atoms with E-state index in [0.717, 1.165) is 0 Å². The molecule has 0 heterocycles. The van der Waals surface area contributed by atoms with E-state index >= 15 is 0 Å². The van der Waals surface area contributed by atoms with Crippen molar-refractivity contribution < 1.29 is 0 Å². The molecule has 0 aromatic carbocycles. The first-order valence-electron chi connectivity index (χ1n) is 4.11. The Kier molecular flexibility index (Phi) is 2.83. The minimum absolute atomic E-state index is 1.21. The second-order valence-corrected chi connectivity index (χ2v) is 3.07. The molecule has 1 rings (SSSR count). The van der Waals surface area contributed by atoms with E-state index in [-0.39, 0.29) is 0 Å². The maximum atomic E-state index is 2.33. The van der Waals surface area contributed by atoms with Crippen LogP contribution < -0.4 is 0 Å². The molecule has 10 heavy (non-hydrogen) atoms. The van der Waals surface area contributed by atoms with Crippen LogP contribution in [0.5, 0.6) is 0 Å². The van der Waals surface area contributed by atoms with Crippen LogP contribution in [0.25, 0.3) is 0 Å². The predicted molar refractivity (Wildman–Crippen MR) is 46.1 cm³/mol. The quantitative estimate of drug-likeness (QED) is 0.501. The van der Waals surface area contributed by atoms with Gasteiger partial charge >= 0.3 is 72.3 Å². The molecule has 1 heteroatoms. The first kappa shape index (κ1) is 8.18. The fourth-order valence-corrected chi connectivity index (χ4v) is 1.45. The first-order chi connectivity index (χ1) is 4.75. The molecular weight excluding hydrogens is 115 g/mol. The molecular formula is C9H13Li. The van der Waals surface area contributed by atoms with Crippen molar-refractivity contribution in [2.75, 3.05) is 0 Å². The minimum atomic E-state index is 1.21.